The van der Waals surface area contributed by atoms with E-state index in [1.807, 2.05) is 0 Å². The molecule has 6 nitrogen and oxygen atoms in total. The minimum absolute atomic E-state index is 0. The van der Waals surface area contributed by atoms with Crippen LogP contribution in [0.2, 0.25) is 0 Å². The van der Waals surface area contributed by atoms with Gasteiger partial charge in [0.2, 0.25) is 5.91 Å². The topological polar surface area (TPSA) is 56.8 Å². The number of benzene rings is 1. The van der Waals surface area contributed by atoms with Crippen LogP contribution in [0, 0.1) is 0 Å². The van der Waals surface area contributed by atoms with Crippen molar-refractivity contribution < 1.29 is 9.53 Å². The minimum atomic E-state index is -0.193. The Hall–Kier alpha value is -0.600. The van der Waals surface area contributed by atoms with Gasteiger partial charge in [-0.05, 0) is 5.56 Å². The van der Waals surface area contributed by atoms with Crippen molar-refractivity contribution in [2.24, 2.45) is 0 Å². The van der Waals surface area contributed by atoms with E-state index in [0.717, 1.165) is 45.8 Å². The second-order valence-corrected chi connectivity index (χ2v) is 6.48. The normalized spacial score (nSPS) is 20.5. The highest BCUT2D eigenvalue weighted by atomic mass is 35.5. The Morgan fingerprint density at radius 3 is 2.37 bits per heavy atom. The fourth-order valence-corrected chi connectivity index (χ4v) is 3.21. The van der Waals surface area contributed by atoms with Crippen LogP contribution in [0.1, 0.15) is 5.56 Å². The summed E-state index contributed by atoms with van der Waals surface area (Å²) in [7, 11) is 0. The SMILES string of the molecule is Cl.Cl.Cl.O=C(NCCN1CCN(Cc2ccccc2)CC1)C1COCCN1. The van der Waals surface area contributed by atoms with E-state index >= 15 is 0 Å². The molecule has 9 heteroatoms. The van der Waals surface area contributed by atoms with Crippen molar-refractivity contribution in [3.8, 4) is 0 Å². The fourth-order valence-electron chi connectivity index (χ4n) is 3.21. The molecule has 1 atom stereocenters. The van der Waals surface area contributed by atoms with Gasteiger partial charge >= 0.3 is 0 Å². The maximum absolute atomic E-state index is 12.0. The summed E-state index contributed by atoms with van der Waals surface area (Å²) in [6.07, 6.45) is 0. The Morgan fingerprint density at radius 2 is 1.74 bits per heavy atom. The van der Waals surface area contributed by atoms with E-state index in [-0.39, 0.29) is 49.2 Å². The quantitative estimate of drug-likeness (QED) is 0.694. The zero-order valence-electron chi connectivity index (χ0n) is 15.5. The molecule has 0 aromatic heterocycles. The number of piperazine rings is 1. The monoisotopic (exact) mass is 440 g/mol. The van der Waals surface area contributed by atoms with Crippen molar-refractivity contribution in [3.63, 3.8) is 0 Å². The summed E-state index contributed by atoms with van der Waals surface area (Å²) in [4.78, 5) is 16.9. The van der Waals surface area contributed by atoms with Crippen LogP contribution in [0.15, 0.2) is 30.3 Å². The molecule has 0 aliphatic carbocycles. The first kappa shape index (κ1) is 26.4. The third-order valence-electron chi connectivity index (χ3n) is 4.68. The van der Waals surface area contributed by atoms with E-state index in [0.29, 0.717) is 19.8 Å². The fraction of sp³-hybridized carbons (Fsp3) is 0.611. The lowest BCUT2D eigenvalue weighted by Gasteiger charge is -2.34. The van der Waals surface area contributed by atoms with E-state index in [2.05, 4.69) is 50.8 Å². The molecule has 0 bridgehead atoms. The van der Waals surface area contributed by atoms with E-state index < -0.39 is 0 Å². The number of ether oxygens (including phenoxy) is 1. The number of hydrogen-bond donors (Lipinski definition) is 2. The molecule has 2 aliphatic heterocycles. The van der Waals surface area contributed by atoms with Gasteiger partial charge in [0.05, 0.1) is 13.2 Å². The predicted octanol–water partition coefficient (Wildman–Crippen LogP) is 1.17. The van der Waals surface area contributed by atoms with Crippen LogP contribution in [0.3, 0.4) is 0 Å². The van der Waals surface area contributed by atoms with Gasteiger partial charge in [-0.25, -0.2) is 0 Å². The molecule has 1 amide bonds. The molecule has 2 N–H and O–H groups in total. The molecule has 27 heavy (non-hydrogen) atoms. The first-order valence-corrected chi connectivity index (χ1v) is 8.89. The van der Waals surface area contributed by atoms with E-state index in [1.54, 1.807) is 0 Å². The maximum atomic E-state index is 12.0. The lowest BCUT2D eigenvalue weighted by molar-refractivity contribution is -0.125. The highest BCUT2D eigenvalue weighted by Gasteiger charge is 2.21. The smallest absolute Gasteiger partial charge is 0.239 e. The van der Waals surface area contributed by atoms with Crippen molar-refractivity contribution in [1.29, 1.82) is 0 Å². The lowest BCUT2D eigenvalue weighted by Crippen LogP contribution is -2.53. The third kappa shape index (κ3) is 8.96. The second-order valence-electron chi connectivity index (χ2n) is 6.48. The van der Waals surface area contributed by atoms with Gasteiger partial charge in [-0.1, -0.05) is 30.3 Å². The Labute approximate surface area is 180 Å². The summed E-state index contributed by atoms with van der Waals surface area (Å²) in [5.41, 5.74) is 1.38. The van der Waals surface area contributed by atoms with E-state index in [4.69, 9.17) is 4.74 Å². The second kappa shape index (κ2) is 14.4. The van der Waals surface area contributed by atoms with Crippen molar-refractivity contribution in [2.45, 2.75) is 12.6 Å². The number of carbonyl (C=O) groups is 1. The highest BCUT2D eigenvalue weighted by Crippen LogP contribution is 2.08. The number of amides is 1. The van der Waals surface area contributed by atoms with E-state index in [9.17, 15) is 4.79 Å². The Morgan fingerprint density at radius 1 is 1.07 bits per heavy atom. The van der Waals surface area contributed by atoms with Gasteiger partial charge in [-0.15, -0.1) is 37.2 Å². The molecule has 2 aliphatic rings. The number of rotatable bonds is 6. The first-order valence-electron chi connectivity index (χ1n) is 8.89. The number of nitrogens with zero attached hydrogens (tertiary/aromatic N) is 2. The number of hydrogen-bond acceptors (Lipinski definition) is 5. The molecular formula is C18H31Cl3N4O2. The zero-order valence-corrected chi connectivity index (χ0v) is 17.9. The summed E-state index contributed by atoms with van der Waals surface area (Å²) in [6, 6.07) is 10.4. The van der Waals surface area contributed by atoms with Crippen molar-refractivity contribution >= 4 is 43.1 Å². The third-order valence-corrected chi connectivity index (χ3v) is 4.68. The number of halogens is 3. The van der Waals surface area contributed by atoms with Gasteiger partial charge in [0, 0.05) is 52.4 Å². The summed E-state index contributed by atoms with van der Waals surface area (Å²) >= 11 is 0. The van der Waals surface area contributed by atoms with Crippen LogP contribution in [-0.4, -0.2) is 80.8 Å². The zero-order chi connectivity index (χ0) is 16.6. The molecule has 3 rings (SSSR count). The minimum Gasteiger partial charge on any atom is -0.378 e. The summed E-state index contributed by atoms with van der Waals surface area (Å²) in [6.45, 7) is 8.86. The number of morpholine rings is 1. The average Bonchev–Trinajstić information content (AvgIpc) is 2.65. The van der Waals surface area contributed by atoms with Crippen LogP contribution in [-0.2, 0) is 16.1 Å². The molecule has 1 unspecified atom stereocenters. The van der Waals surface area contributed by atoms with Crippen LogP contribution >= 0.6 is 37.2 Å². The molecule has 0 spiro atoms. The molecule has 156 valence electrons. The molecule has 1 aromatic rings. The largest absolute Gasteiger partial charge is 0.378 e. The van der Waals surface area contributed by atoms with Gasteiger partial charge in [0.1, 0.15) is 6.04 Å². The average molecular weight is 442 g/mol. The van der Waals surface area contributed by atoms with Crippen molar-refractivity contribution in [1.82, 2.24) is 20.4 Å². The van der Waals surface area contributed by atoms with Crippen molar-refractivity contribution in [2.75, 3.05) is 59.0 Å². The van der Waals surface area contributed by atoms with Gasteiger partial charge in [-0.2, -0.15) is 0 Å². The van der Waals surface area contributed by atoms with E-state index in [1.165, 1.54) is 5.56 Å². The summed E-state index contributed by atoms with van der Waals surface area (Å²) in [5.74, 6) is 0.0532. The molecule has 2 saturated heterocycles. The van der Waals surface area contributed by atoms with Crippen molar-refractivity contribution in [3.05, 3.63) is 35.9 Å². The van der Waals surface area contributed by atoms with Gasteiger partial charge < -0.3 is 15.4 Å². The number of nitrogens with one attached hydrogen (secondary N) is 2. The van der Waals surface area contributed by atoms with Gasteiger partial charge in [-0.3, -0.25) is 14.6 Å². The maximum Gasteiger partial charge on any atom is 0.239 e. The summed E-state index contributed by atoms with van der Waals surface area (Å²) in [5, 5.41) is 6.19. The van der Waals surface area contributed by atoms with Gasteiger partial charge in [0.25, 0.3) is 0 Å². The molecule has 0 radical (unpaired) electrons. The molecule has 0 saturated carbocycles. The molecule has 1 aromatic carbocycles. The van der Waals surface area contributed by atoms with Crippen LogP contribution in [0.5, 0.6) is 0 Å². The van der Waals surface area contributed by atoms with Gasteiger partial charge in [0.15, 0.2) is 0 Å². The van der Waals surface area contributed by atoms with Crippen LogP contribution in [0.4, 0.5) is 0 Å². The highest BCUT2D eigenvalue weighted by molar-refractivity contribution is 5.86. The first-order chi connectivity index (χ1) is 11.8. The molecular weight excluding hydrogens is 411 g/mol. The Bertz CT molecular complexity index is 511. The standard InChI is InChI=1S/C18H28N4O2.3ClH/c23-18(17-15-24-13-7-19-17)20-6-8-21-9-11-22(12-10-21)14-16-4-2-1-3-5-16;;;/h1-5,17,19H,6-15H2,(H,20,23);3*1H. The number of carbonyl (C=O) groups excluding carboxylic acids is 1. The predicted molar refractivity (Wildman–Crippen MR) is 116 cm³/mol. The Balaban J connectivity index is 0.00000225. The molecule has 2 fully saturated rings. The lowest BCUT2D eigenvalue weighted by atomic mass is 10.2. The van der Waals surface area contributed by atoms with Crippen LogP contribution < -0.4 is 10.6 Å². The summed E-state index contributed by atoms with van der Waals surface area (Å²) < 4.78 is 5.32. The molecule has 2 heterocycles. The Kier molecular flexibility index (Phi) is 14.1. The van der Waals surface area contributed by atoms with Crippen LogP contribution in [0.25, 0.3) is 0 Å².